The Bertz CT molecular complexity index is 310. The van der Waals surface area contributed by atoms with Crippen molar-refractivity contribution >= 4 is 6.47 Å². The predicted molar refractivity (Wildman–Crippen MR) is 50.0 cm³/mol. The zero-order chi connectivity index (χ0) is 14.9. The second-order valence-electron chi connectivity index (χ2n) is 4.42. The second kappa shape index (κ2) is 5.18. The summed E-state index contributed by atoms with van der Waals surface area (Å²) in [6.45, 7) is -0.198. The van der Waals surface area contributed by atoms with E-state index in [1.807, 2.05) is 0 Å². The number of carbonyl (C=O) groups excluding carboxylic acids is 1. The molecule has 0 bridgehead atoms. The van der Waals surface area contributed by atoms with E-state index < -0.39 is 36.4 Å². The highest BCUT2D eigenvalue weighted by molar-refractivity contribution is 5.37. The Labute approximate surface area is 104 Å². The number of rotatable bonds is 3. The van der Waals surface area contributed by atoms with Gasteiger partial charge in [-0.25, -0.2) is 0 Å². The van der Waals surface area contributed by atoms with Crippen LogP contribution in [0.25, 0.3) is 0 Å². The zero-order valence-electron chi connectivity index (χ0n) is 9.59. The van der Waals surface area contributed by atoms with E-state index in [0.717, 1.165) is 0 Å². The van der Waals surface area contributed by atoms with E-state index in [1.165, 1.54) is 0 Å². The summed E-state index contributed by atoms with van der Waals surface area (Å²) in [4.78, 5) is 10.2. The van der Waals surface area contributed by atoms with Crippen LogP contribution in [0.15, 0.2) is 0 Å². The molecule has 3 nitrogen and oxygen atoms in total. The quantitative estimate of drug-likeness (QED) is 0.643. The predicted octanol–water partition coefficient (Wildman–Crippen LogP) is 2.57. The van der Waals surface area contributed by atoms with Gasteiger partial charge in [0.15, 0.2) is 0 Å². The molecule has 0 heterocycles. The molecule has 0 saturated heterocycles. The molecule has 0 aliphatic heterocycles. The van der Waals surface area contributed by atoms with Crippen LogP contribution in [0.4, 0.5) is 26.3 Å². The summed E-state index contributed by atoms with van der Waals surface area (Å²) in [6, 6.07) is 0. The molecule has 1 rings (SSSR count). The maximum Gasteiger partial charge on any atom is 0.426 e. The summed E-state index contributed by atoms with van der Waals surface area (Å²) >= 11 is 0. The van der Waals surface area contributed by atoms with E-state index in [0.29, 0.717) is 6.42 Å². The monoisotopic (exact) mass is 294 g/mol. The fourth-order valence-electron chi connectivity index (χ4n) is 2.39. The zero-order valence-corrected chi connectivity index (χ0v) is 9.59. The molecule has 1 aliphatic carbocycles. The third-order valence-electron chi connectivity index (χ3n) is 3.33. The van der Waals surface area contributed by atoms with Crippen LogP contribution in [-0.2, 0) is 9.53 Å². The van der Waals surface area contributed by atoms with Crippen LogP contribution >= 0.6 is 0 Å². The summed E-state index contributed by atoms with van der Waals surface area (Å²) in [5, 5.41) is 9.26. The van der Waals surface area contributed by atoms with Crippen molar-refractivity contribution in [2.45, 2.75) is 49.7 Å². The first-order valence-electron chi connectivity index (χ1n) is 5.50. The van der Waals surface area contributed by atoms with Gasteiger partial charge >= 0.3 is 12.4 Å². The molecule has 9 heteroatoms. The SMILES string of the molecule is O=COC1CCCCC1C(O)(C(F)(F)F)C(F)(F)F. The lowest BCUT2D eigenvalue weighted by molar-refractivity contribution is -0.393. The minimum Gasteiger partial charge on any atom is -0.464 e. The Morgan fingerprint density at radius 2 is 1.47 bits per heavy atom. The fourth-order valence-corrected chi connectivity index (χ4v) is 2.39. The van der Waals surface area contributed by atoms with Crippen LogP contribution in [0.3, 0.4) is 0 Å². The number of aliphatic hydroxyl groups is 1. The minimum absolute atomic E-state index is 0.0951. The smallest absolute Gasteiger partial charge is 0.426 e. The Morgan fingerprint density at radius 1 is 1.00 bits per heavy atom. The van der Waals surface area contributed by atoms with Gasteiger partial charge in [-0.3, -0.25) is 4.79 Å². The average Bonchev–Trinajstić information content (AvgIpc) is 2.26. The number of hydrogen-bond acceptors (Lipinski definition) is 3. The highest BCUT2D eigenvalue weighted by Crippen LogP contribution is 2.52. The third-order valence-corrected chi connectivity index (χ3v) is 3.33. The summed E-state index contributed by atoms with van der Waals surface area (Å²) in [5.74, 6) is -2.24. The third kappa shape index (κ3) is 2.80. The van der Waals surface area contributed by atoms with Gasteiger partial charge in [0.25, 0.3) is 12.1 Å². The molecule has 0 spiro atoms. The lowest BCUT2D eigenvalue weighted by Crippen LogP contribution is -2.64. The van der Waals surface area contributed by atoms with E-state index in [4.69, 9.17) is 0 Å². The molecule has 112 valence electrons. The lowest BCUT2D eigenvalue weighted by atomic mass is 9.74. The van der Waals surface area contributed by atoms with E-state index >= 15 is 0 Å². The van der Waals surface area contributed by atoms with Crippen molar-refractivity contribution in [2.24, 2.45) is 5.92 Å². The summed E-state index contributed by atoms with van der Waals surface area (Å²) in [7, 11) is 0. The number of carbonyl (C=O) groups is 1. The molecular formula is C10H12F6O3. The van der Waals surface area contributed by atoms with Crippen molar-refractivity contribution in [3.05, 3.63) is 0 Å². The van der Waals surface area contributed by atoms with Crippen LogP contribution in [0.5, 0.6) is 0 Å². The van der Waals surface area contributed by atoms with Gasteiger partial charge in [-0.05, 0) is 19.3 Å². The molecule has 0 aromatic heterocycles. The molecule has 1 aliphatic rings. The van der Waals surface area contributed by atoms with Gasteiger partial charge in [-0.1, -0.05) is 6.42 Å². The van der Waals surface area contributed by atoms with Crippen molar-refractivity contribution in [1.82, 2.24) is 0 Å². The Hall–Kier alpha value is -0.990. The fraction of sp³-hybridized carbons (Fsp3) is 0.900. The number of alkyl halides is 6. The van der Waals surface area contributed by atoms with Gasteiger partial charge in [-0.2, -0.15) is 26.3 Å². The van der Waals surface area contributed by atoms with Crippen molar-refractivity contribution in [1.29, 1.82) is 0 Å². The molecule has 0 radical (unpaired) electrons. The average molecular weight is 294 g/mol. The number of halogens is 6. The summed E-state index contributed by atoms with van der Waals surface area (Å²) in [5.41, 5.74) is -4.87. The summed E-state index contributed by atoms with van der Waals surface area (Å²) in [6.07, 6.45) is -13.6. The van der Waals surface area contributed by atoms with Crippen LogP contribution in [0.2, 0.25) is 0 Å². The topological polar surface area (TPSA) is 46.5 Å². The Morgan fingerprint density at radius 3 is 1.89 bits per heavy atom. The lowest BCUT2D eigenvalue weighted by Gasteiger charge is -2.43. The first-order chi connectivity index (χ1) is 8.55. The molecule has 1 N–H and O–H groups in total. The standard InChI is InChI=1S/C10H12F6O3/c11-9(12,13)8(18,10(14,15)16)6-3-1-2-4-7(6)19-5-17/h5-7,18H,1-4H2. The van der Waals surface area contributed by atoms with E-state index in [-0.39, 0.29) is 19.3 Å². The maximum absolute atomic E-state index is 12.7. The van der Waals surface area contributed by atoms with Gasteiger partial charge in [-0.15, -0.1) is 0 Å². The first-order valence-corrected chi connectivity index (χ1v) is 5.50. The van der Waals surface area contributed by atoms with Crippen LogP contribution < -0.4 is 0 Å². The molecule has 19 heavy (non-hydrogen) atoms. The van der Waals surface area contributed by atoms with Crippen LogP contribution in [0.1, 0.15) is 25.7 Å². The normalized spacial score (nSPS) is 26.1. The summed E-state index contributed by atoms with van der Waals surface area (Å²) < 4.78 is 80.4. The highest BCUT2D eigenvalue weighted by Gasteiger charge is 2.75. The minimum atomic E-state index is -5.89. The Balaban J connectivity index is 3.19. The van der Waals surface area contributed by atoms with Gasteiger partial charge in [0.1, 0.15) is 6.10 Å². The maximum atomic E-state index is 12.7. The molecule has 2 atom stereocenters. The Kier molecular flexibility index (Phi) is 4.38. The second-order valence-corrected chi connectivity index (χ2v) is 4.42. The van der Waals surface area contributed by atoms with Crippen LogP contribution in [0, 0.1) is 5.92 Å². The van der Waals surface area contributed by atoms with Gasteiger partial charge in [0, 0.05) is 5.92 Å². The molecule has 1 fully saturated rings. The first kappa shape index (κ1) is 16.1. The number of hydrogen-bond donors (Lipinski definition) is 1. The molecule has 0 aromatic carbocycles. The van der Waals surface area contributed by atoms with Crippen molar-refractivity contribution < 1.29 is 41.0 Å². The van der Waals surface area contributed by atoms with Crippen molar-refractivity contribution in [2.75, 3.05) is 0 Å². The molecule has 0 amide bonds. The molecule has 2 unspecified atom stereocenters. The number of ether oxygens (including phenoxy) is 1. The van der Waals surface area contributed by atoms with Gasteiger partial charge in [0.2, 0.25) is 0 Å². The van der Waals surface area contributed by atoms with E-state index in [1.54, 1.807) is 0 Å². The van der Waals surface area contributed by atoms with Crippen molar-refractivity contribution in [3.63, 3.8) is 0 Å². The van der Waals surface area contributed by atoms with E-state index in [2.05, 4.69) is 4.74 Å². The molecule has 0 aromatic rings. The highest BCUT2D eigenvalue weighted by atomic mass is 19.4. The van der Waals surface area contributed by atoms with Crippen molar-refractivity contribution in [3.8, 4) is 0 Å². The molecule has 1 saturated carbocycles. The van der Waals surface area contributed by atoms with E-state index in [9.17, 15) is 36.2 Å². The van der Waals surface area contributed by atoms with Gasteiger partial charge in [0.05, 0.1) is 0 Å². The van der Waals surface area contributed by atoms with Gasteiger partial charge < -0.3 is 9.84 Å². The van der Waals surface area contributed by atoms with Crippen LogP contribution in [-0.4, -0.2) is 35.6 Å². The largest absolute Gasteiger partial charge is 0.464 e. The molecular weight excluding hydrogens is 282 g/mol.